The standard InChI is InChI=1S/C12H8ClF2NO/c13-7-10-6-11(1-2-16-10)17-12-4-8(14)3-9(15)5-12/h1-6H,7H2. The van der Waals surface area contributed by atoms with Gasteiger partial charge < -0.3 is 4.74 Å². The quantitative estimate of drug-likeness (QED) is 0.776. The molecule has 2 nitrogen and oxygen atoms in total. The monoisotopic (exact) mass is 255 g/mol. The van der Waals surface area contributed by atoms with Crippen LogP contribution in [0.25, 0.3) is 0 Å². The second-order valence-electron chi connectivity index (χ2n) is 3.32. The van der Waals surface area contributed by atoms with E-state index in [0.29, 0.717) is 11.4 Å². The lowest BCUT2D eigenvalue weighted by atomic mass is 10.3. The molecule has 0 spiro atoms. The molecule has 0 aliphatic carbocycles. The lowest BCUT2D eigenvalue weighted by Gasteiger charge is -2.06. The van der Waals surface area contributed by atoms with Crippen molar-refractivity contribution in [3.8, 4) is 11.5 Å². The van der Waals surface area contributed by atoms with E-state index in [9.17, 15) is 8.78 Å². The van der Waals surface area contributed by atoms with Gasteiger partial charge in [-0.05, 0) is 6.07 Å². The minimum Gasteiger partial charge on any atom is -0.457 e. The van der Waals surface area contributed by atoms with Crippen LogP contribution in [0, 0.1) is 11.6 Å². The Kier molecular flexibility index (Phi) is 3.54. The van der Waals surface area contributed by atoms with Crippen LogP contribution in [0.15, 0.2) is 36.5 Å². The zero-order chi connectivity index (χ0) is 12.3. The van der Waals surface area contributed by atoms with Gasteiger partial charge >= 0.3 is 0 Å². The van der Waals surface area contributed by atoms with E-state index < -0.39 is 11.6 Å². The van der Waals surface area contributed by atoms with Crippen LogP contribution < -0.4 is 4.74 Å². The summed E-state index contributed by atoms with van der Waals surface area (Å²) in [7, 11) is 0. The van der Waals surface area contributed by atoms with Crippen LogP contribution in [0.4, 0.5) is 8.78 Å². The minimum absolute atomic E-state index is 0.0919. The first-order valence-electron chi connectivity index (χ1n) is 4.82. The topological polar surface area (TPSA) is 22.1 Å². The number of benzene rings is 1. The van der Waals surface area contributed by atoms with Gasteiger partial charge in [-0.3, -0.25) is 4.98 Å². The average Bonchev–Trinajstić information content (AvgIpc) is 2.28. The summed E-state index contributed by atoms with van der Waals surface area (Å²) in [5.41, 5.74) is 0.626. The molecule has 5 heteroatoms. The van der Waals surface area contributed by atoms with E-state index in [-0.39, 0.29) is 11.6 Å². The molecule has 0 saturated carbocycles. The molecule has 2 rings (SSSR count). The Labute approximate surface area is 102 Å². The highest BCUT2D eigenvalue weighted by Crippen LogP contribution is 2.23. The molecule has 0 saturated heterocycles. The van der Waals surface area contributed by atoms with Crippen molar-refractivity contribution in [1.82, 2.24) is 4.98 Å². The fraction of sp³-hybridized carbons (Fsp3) is 0.0833. The normalized spacial score (nSPS) is 10.3. The molecule has 1 heterocycles. The molecule has 0 bridgehead atoms. The van der Waals surface area contributed by atoms with E-state index in [1.54, 1.807) is 12.1 Å². The Balaban J connectivity index is 2.24. The van der Waals surface area contributed by atoms with E-state index in [2.05, 4.69) is 4.98 Å². The molecular weight excluding hydrogens is 248 g/mol. The largest absolute Gasteiger partial charge is 0.457 e. The van der Waals surface area contributed by atoms with Gasteiger partial charge in [-0.2, -0.15) is 0 Å². The second kappa shape index (κ2) is 5.10. The molecule has 0 N–H and O–H groups in total. The smallest absolute Gasteiger partial charge is 0.133 e. The molecule has 1 aromatic carbocycles. The van der Waals surface area contributed by atoms with E-state index in [1.807, 2.05) is 0 Å². The predicted molar refractivity (Wildman–Crippen MR) is 60.2 cm³/mol. The number of alkyl halides is 1. The van der Waals surface area contributed by atoms with Crippen LogP contribution >= 0.6 is 11.6 Å². The summed E-state index contributed by atoms with van der Waals surface area (Å²) in [5.74, 6) is -0.609. The van der Waals surface area contributed by atoms with Gasteiger partial charge in [0.2, 0.25) is 0 Å². The number of hydrogen-bond acceptors (Lipinski definition) is 2. The minimum atomic E-state index is -0.688. The van der Waals surface area contributed by atoms with Crippen molar-refractivity contribution in [2.45, 2.75) is 5.88 Å². The summed E-state index contributed by atoms with van der Waals surface area (Å²) < 4.78 is 31.1. The molecule has 88 valence electrons. The number of nitrogens with zero attached hydrogens (tertiary/aromatic N) is 1. The maximum absolute atomic E-state index is 12.9. The van der Waals surface area contributed by atoms with E-state index >= 15 is 0 Å². The fourth-order valence-corrected chi connectivity index (χ4v) is 1.46. The van der Waals surface area contributed by atoms with Crippen LogP contribution in [-0.4, -0.2) is 4.98 Å². The summed E-state index contributed by atoms with van der Waals surface area (Å²) >= 11 is 5.61. The molecular formula is C12H8ClF2NO. The third-order valence-electron chi connectivity index (χ3n) is 2.00. The van der Waals surface area contributed by atoms with E-state index in [0.717, 1.165) is 18.2 Å². The maximum Gasteiger partial charge on any atom is 0.133 e. The maximum atomic E-state index is 12.9. The summed E-state index contributed by atoms with van der Waals surface area (Å²) in [4.78, 5) is 3.97. The van der Waals surface area contributed by atoms with Crippen LogP contribution in [0.2, 0.25) is 0 Å². The van der Waals surface area contributed by atoms with Gasteiger partial charge in [-0.15, -0.1) is 11.6 Å². The molecule has 0 unspecified atom stereocenters. The van der Waals surface area contributed by atoms with Gasteiger partial charge in [0.1, 0.15) is 23.1 Å². The second-order valence-corrected chi connectivity index (χ2v) is 3.59. The summed E-state index contributed by atoms with van der Waals surface area (Å²) in [6, 6.07) is 6.17. The Morgan fingerprint density at radius 2 is 1.76 bits per heavy atom. The van der Waals surface area contributed by atoms with Crippen molar-refractivity contribution in [3.63, 3.8) is 0 Å². The zero-order valence-corrected chi connectivity index (χ0v) is 9.42. The van der Waals surface area contributed by atoms with Crippen LogP contribution in [-0.2, 0) is 5.88 Å². The zero-order valence-electron chi connectivity index (χ0n) is 8.66. The Hall–Kier alpha value is -1.68. The first kappa shape index (κ1) is 11.8. The third kappa shape index (κ3) is 3.14. The highest BCUT2D eigenvalue weighted by Gasteiger charge is 2.03. The fourth-order valence-electron chi connectivity index (χ4n) is 1.32. The van der Waals surface area contributed by atoms with E-state index in [1.165, 1.54) is 6.20 Å². The third-order valence-corrected chi connectivity index (χ3v) is 2.27. The van der Waals surface area contributed by atoms with Crippen molar-refractivity contribution >= 4 is 11.6 Å². The van der Waals surface area contributed by atoms with Crippen molar-refractivity contribution in [2.75, 3.05) is 0 Å². The molecule has 1 aromatic heterocycles. The number of rotatable bonds is 3. The SMILES string of the molecule is Fc1cc(F)cc(Oc2ccnc(CCl)c2)c1. The average molecular weight is 256 g/mol. The van der Waals surface area contributed by atoms with Crippen LogP contribution in [0.5, 0.6) is 11.5 Å². The Bertz CT molecular complexity index is 513. The van der Waals surface area contributed by atoms with Gasteiger partial charge in [0.25, 0.3) is 0 Å². The van der Waals surface area contributed by atoms with E-state index in [4.69, 9.17) is 16.3 Å². The molecule has 2 aromatic rings. The lowest BCUT2D eigenvalue weighted by Crippen LogP contribution is -1.90. The van der Waals surface area contributed by atoms with Gasteiger partial charge in [0, 0.05) is 30.5 Å². The predicted octanol–water partition coefficient (Wildman–Crippen LogP) is 3.89. The Morgan fingerprint density at radius 3 is 2.41 bits per heavy atom. The van der Waals surface area contributed by atoms with Crippen molar-refractivity contribution in [3.05, 3.63) is 53.9 Å². The number of hydrogen-bond donors (Lipinski definition) is 0. The van der Waals surface area contributed by atoms with Crippen molar-refractivity contribution in [2.24, 2.45) is 0 Å². The molecule has 17 heavy (non-hydrogen) atoms. The first-order chi connectivity index (χ1) is 8.17. The number of aromatic nitrogens is 1. The highest BCUT2D eigenvalue weighted by molar-refractivity contribution is 6.16. The molecule has 0 aliphatic heterocycles. The van der Waals surface area contributed by atoms with Crippen molar-refractivity contribution in [1.29, 1.82) is 0 Å². The van der Waals surface area contributed by atoms with Gasteiger partial charge in [0.05, 0.1) is 11.6 Å². The molecule has 0 atom stereocenters. The number of halogens is 3. The molecule has 0 radical (unpaired) electrons. The van der Waals surface area contributed by atoms with Gasteiger partial charge in [0.15, 0.2) is 0 Å². The summed E-state index contributed by atoms with van der Waals surface area (Å²) in [6.45, 7) is 0. The molecule has 0 aliphatic rings. The Morgan fingerprint density at radius 1 is 1.06 bits per heavy atom. The highest BCUT2D eigenvalue weighted by atomic mass is 35.5. The first-order valence-corrected chi connectivity index (χ1v) is 5.35. The lowest BCUT2D eigenvalue weighted by molar-refractivity contribution is 0.467. The summed E-state index contributed by atoms with van der Waals surface area (Å²) in [6.07, 6.45) is 1.52. The summed E-state index contributed by atoms with van der Waals surface area (Å²) in [5, 5.41) is 0. The van der Waals surface area contributed by atoms with Crippen molar-refractivity contribution < 1.29 is 13.5 Å². The van der Waals surface area contributed by atoms with Gasteiger partial charge in [-0.1, -0.05) is 0 Å². The van der Waals surface area contributed by atoms with Gasteiger partial charge in [-0.25, -0.2) is 8.78 Å². The van der Waals surface area contributed by atoms with Crippen LogP contribution in [0.3, 0.4) is 0 Å². The molecule has 0 fully saturated rings. The van der Waals surface area contributed by atoms with Crippen LogP contribution in [0.1, 0.15) is 5.69 Å². The molecule has 0 amide bonds. The number of ether oxygens (including phenoxy) is 1. The number of pyridine rings is 1.